The number of carbonyl (C=O) groups excluding carboxylic acids is 2. The molecule has 29 heavy (non-hydrogen) atoms. The van der Waals surface area contributed by atoms with Gasteiger partial charge < -0.3 is 0 Å². The number of hydrogen-bond donors (Lipinski definition) is 1. The molecule has 1 aliphatic carbocycles. The third-order valence-electron chi connectivity index (χ3n) is 3.82. The first-order valence-corrected chi connectivity index (χ1v) is 8.35. The van der Waals surface area contributed by atoms with Gasteiger partial charge in [-0.05, 0) is 37.6 Å². The second-order valence-electron chi connectivity index (χ2n) is 6.19. The summed E-state index contributed by atoms with van der Waals surface area (Å²) in [5.41, 5.74) is 2.71. The Morgan fingerprint density at radius 1 is 1.21 bits per heavy atom. The summed E-state index contributed by atoms with van der Waals surface area (Å²) in [6.07, 6.45) is -0.395. The topological polar surface area (TPSA) is 157 Å². The van der Waals surface area contributed by atoms with E-state index in [0.29, 0.717) is 5.56 Å². The van der Waals surface area contributed by atoms with E-state index in [2.05, 4.69) is 25.5 Å². The van der Waals surface area contributed by atoms with Crippen molar-refractivity contribution in [1.82, 2.24) is 9.97 Å². The molecule has 0 saturated carbocycles. The molecule has 0 saturated heterocycles. The molecule has 1 heterocycles. The summed E-state index contributed by atoms with van der Waals surface area (Å²) in [6, 6.07) is 7.35. The largest absolute Gasteiger partial charge is 0.368 e. The zero-order valence-electron chi connectivity index (χ0n) is 15.4. The van der Waals surface area contributed by atoms with Gasteiger partial charge in [0.15, 0.2) is 0 Å². The predicted octanol–water partition coefficient (Wildman–Crippen LogP) is 0.368. The first-order chi connectivity index (χ1) is 13.7. The number of nitrogens with zero attached hydrogens (tertiary/aromatic N) is 5. The van der Waals surface area contributed by atoms with Crippen LogP contribution in [0.3, 0.4) is 0 Å². The Kier molecular flexibility index (Phi) is 5.30. The molecule has 1 aromatic rings. The highest BCUT2D eigenvalue weighted by Crippen LogP contribution is 2.25. The van der Waals surface area contributed by atoms with Crippen molar-refractivity contribution in [2.45, 2.75) is 20.3 Å². The van der Waals surface area contributed by atoms with Crippen LogP contribution in [0, 0.1) is 17.0 Å². The van der Waals surface area contributed by atoms with E-state index in [0.717, 1.165) is 0 Å². The zero-order chi connectivity index (χ0) is 21.1. The zero-order valence-corrected chi connectivity index (χ0v) is 15.4. The maximum absolute atomic E-state index is 11.9. The van der Waals surface area contributed by atoms with E-state index in [1.165, 1.54) is 31.2 Å². The van der Waals surface area contributed by atoms with Crippen LogP contribution in [0.25, 0.3) is 11.4 Å². The average Bonchev–Trinajstić information content (AvgIpc) is 3.01. The number of imidazole rings is 1. The molecule has 146 valence electrons. The van der Waals surface area contributed by atoms with E-state index in [-0.39, 0.29) is 39.3 Å². The molecular weight excluding hydrogens is 380 g/mol. The quantitative estimate of drug-likeness (QED) is 0.369. The molecule has 3 rings (SSSR count). The van der Waals surface area contributed by atoms with Gasteiger partial charge in [0.1, 0.15) is 22.5 Å². The van der Waals surface area contributed by atoms with Crippen molar-refractivity contribution in [1.29, 1.82) is 0 Å². The van der Waals surface area contributed by atoms with Gasteiger partial charge in [0.25, 0.3) is 11.6 Å². The first-order valence-electron chi connectivity index (χ1n) is 8.35. The molecule has 1 N–H and O–H groups in total. The molecule has 0 aromatic heterocycles. The number of hydrogen-bond acceptors (Lipinski definition) is 9. The average molecular weight is 394 g/mol. The monoisotopic (exact) mass is 394 g/mol. The van der Waals surface area contributed by atoms with Crippen LogP contribution in [-0.2, 0) is 9.59 Å². The van der Waals surface area contributed by atoms with Crippen LogP contribution in [0.1, 0.15) is 18.9 Å². The number of nitrogens with one attached hydrogen (secondary N) is 1. The van der Waals surface area contributed by atoms with Crippen LogP contribution in [0.5, 0.6) is 0 Å². The van der Waals surface area contributed by atoms with Gasteiger partial charge in [0.2, 0.25) is 0 Å². The standard InChI is InChI=1S/C18H14N6O5/c1-9-3-4-11(14(7-9)24(28)29)22-23-17-13(19-15(26)8-10(2)25)6-5-12-16(17)21-18(27)20-12/h3-7,22H,8H2,1-2H3/b19-13?,23-17+. The molecule has 2 aliphatic rings. The van der Waals surface area contributed by atoms with Crippen molar-refractivity contribution in [2.24, 2.45) is 10.1 Å². The Labute approximate surface area is 162 Å². The van der Waals surface area contributed by atoms with Crippen molar-refractivity contribution in [3.05, 3.63) is 67.2 Å². The molecule has 1 amide bonds. The second kappa shape index (κ2) is 7.84. The molecule has 0 unspecified atom stereocenters. The lowest BCUT2D eigenvalue weighted by Gasteiger charge is -2.04. The number of anilines is 1. The van der Waals surface area contributed by atoms with Crippen molar-refractivity contribution in [2.75, 3.05) is 5.43 Å². The molecule has 0 bridgehead atoms. The normalized spacial score (nSPS) is 12.3. The summed E-state index contributed by atoms with van der Waals surface area (Å²) in [4.78, 5) is 56.7. The van der Waals surface area contributed by atoms with E-state index < -0.39 is 22.9 Å². The van der Waals surface area contributed by atoms with E-state index in [9.17, 15) is 24.5 Å². The number of ketones is 1. The first kappa shape index (κ1) is 19.6. The number of rotatable bonds is 5. The van der Waals surface area contributed by atoms with E-state index >= 15 is 0 Å². The van der Waals surface area contributed by atoms with Gasteiger partial charge in [-0.3, -0.25) is 25.1 Å². The van der Waals surface area contributed by atoms with Gasteiger partial charge in [-0.2, -0.15) is 15.1 Å². The number of amides is 1. The number of Topliss-reactive ketones (excluding diaryl/α,β-unsaturated/α-hetero) is 1. The minimum Gasteiger partial charge on any atom is -0.299 e. The lowest BCUT2D eigenvalue weighted by molar-refractivity contribution is -0.384. The number of benzene rings is 2. The summed E-state index contributed by atoms with van der Waals surface area (Å²) in [5.74, 6) is -1.06. The van der Waals surface area contributed by atoms with Gasteiger partial charge >= 0.3 is 5.69 Å². The van der Waals surface area contributed by atoms with Crippen LogP contribution in [0.15, 0.2) is 45.2 Å². The van der Waals surface area contributed by atoms with Crippen molar-refractivity contribution >= 4 is 23.1 Å². The third-order valence-corrected chi connectivity index (χ3v) is 3.82. The summed E-state index contributed by atoms with van der Waals surface area (Å²) < 4.78 is 0. The van der Waals surface area contributed by atoms with Crippen LogP contribution in [0.2, 0.25) is 0 Å². The van der Waals surface area contributed by atoms with Crippen LogP contribution >= 0.6 is 0 Å². The van der Waals surface area contributed by atoms with Gasteiger partial charge in [-0.15, -0.1) is 0 Å². The molecule has 0 radical (unpaired) electrons. The van der Waals surface area contributed by atoms with E-state index in [4.69, 9.17) is 0 Å². The van der Waals surface area contributed by atoms with Gasteiger partial charge in [0, 0.05) is 6.07 Å². The number of aryl methyl sites for hydroxylation is 1. The van der Waals surface area contributed by atoms with E-state index in [1.807, 2.05) is 0 Å². The lowest BCUT2D eigenvalue weighted by Crippen LogP contribution is -2.31. The van der Waals surface area contributed by atoms with Crippen LogP contribution in [-0.4, -0.2) is 26.6 Å². The molecule has 11 heteroatoms. The molecular formula is C18H14N6O5. The minimum atomic E-state index is -0.745. The minimum absolute atomic E-state index is 0.00359. The summed E-state index contributed by atoms with van der Waals surface area (Å²) in [5, 5.41) is 15.4. The number of fused-ring (bicyclic) bond motifs is 1. The molecule has 1 aromatic carbocycles. The fraction of sp³-hybridized carbons (Fsp3) is 0.167. The van der Waals surface area contributed by atoms with Gasteiger partial charge in [-0.1, -0.05) is 6.07 Å². The molecule has 1 aliphatic heterocycles. The highest BCUT2D eigenvalue weighted by Gasteiger charge is 2.16. The summed E-state index contributed by atoms with van der Waals surface area (Å²) in [6.45, 7) is 2.97. The summed E-state index contributed by atoms with van der Waals surface area (Å²) >= 11 is 0. The lowest BCUT2D eigenvalue weighted by atomic mass is 10.2. The second-order valence-corrected chi connectivity index (χ2v) is 6.19. The Balaban J connectivity index is 2.18. The number of aromatic nitrogens is 2. The number of carbonyl (C=O) groups is 2. The van der Waals surface area contributed by atoms with E-state index in [1.54, 1.807) is 13.0 Å². The molecule has 0 fully saturated rings. The Bertz CT molecular complexity index is 1270. The van der Waals surface area contributed by atoms with Crippen molar-refractivity contribution in [3.8, 4) is 11.4 Å². The Morgan fingerprint density at radius 3 is 2.66 bits per heavy atom. The van der Waals surface area contributed by atoms with Gasteiger partial charge in [-0.25, -0.2) is 9.79 Å². The maximum Gasteiger partial charge on any atom is 0.368 e. The Hall–Kier alpha value is -4.15. The van der Waals surface area contributed by atoms with Gasteiger partial charge in [0.05, 0.1) is 22.4 Å². The van der Waals surface area contributed by atoms with Crippen LogP contribution < -0.4 is 21.8 Å². The molecule has 0 atom stereocenters. The maximum atomic E-state index is 11.9. The number of nitro groups is 1. The highest BCUT2D eigenvalue weighted by molar-refractivity contribution is 5.97. The number of nitro benzene ring substituents is 1. The smallest absolute Gasteiger partial charge is 0.299 e. The third kappa shape index (κ3) is 4.40. The predicted molar refractivity (Wildman–Crippen MR) is 100 cm³/mol. The summed E-state index contributed by atoms with van der Waals surface area (Å²) in [7, 11) is 0. The molecule has 0 spiro atoms. The van der Waals surface area contributed by atoms with Crippen molar-refractivity contribution < 1.29 is 14.5 Å². The fourth-order valence-corrected chi connectivity index (χ4v) is 2.57. The molecule has 11 nitrogen and oxygen atoms in total. The highest BCUT2D eigenvalue weighted by atomic mass is 16.6. The van der Waals surface area contributed by atoms with Crippen molar-refractivity contribution in [3.63, 3.8) is 0 Å². The SMILES string of the molecule is CC(=O)CC(=O)N=c1ccc2nc(=O)nc-2/c1=N/Nc1ccc(C)cc1[N+](=O)[O-]. The van der Waals surface area contributed by atoms with Crippen LogP contribution in [0.4, 0.5) is 11.4 Å². The Morgan fingerprint density at radius 2 is 1.97 bits per heavy atom. The fourth-order valence-electron chi connectivity index (χ4n) is 2.57.